The number of fused-ring (bicyclic) bond motifs is 3. The molecule has 4 heteroatoms. The van der Waals surface area contributed by atoms with Crippen LogP contribution in [0.2, 0.25) is 0 Å². The van der Waals surface area contributed by atoms with Crippen LogP contribution in [0.4, 0.5) is 0 Å². The largest absolute Gasteiger partial charge is 0.455 e. The highest BCUT2D eigenvalue weighted by Gasteiger charge is 2.21. The van der Waals surface area contributed by atoms with Crippen LogP contribution in [-0.2, 0) is 0 Å². The molecule has 9 rings (SSSR count). The van der Waals surface area contributed by atoms with Crippen molar-refractivity contribution in [3.05, 3.63) is 175 Å². The number of hydrogen-bond acceptors (Lipinski definition) is 4. The molecule has 9 aromatic rings. The SMILES string of the molecule is Cc1ccccc1-c1cc(-c2cc(-c3ccccc3)c3oc4cccc(-c5nc(-c6ccccc6)nc(-c6ccccc6)n5)c4c3c2)ccc1C. The minimum absolute atomic E-state index is 0.597. The summed E-state index contributed by atoms with van der Waals surface area (Å²) >= 11 is 0. The number of hydrogen-bond donors (Lipinski definition) is 0. The molecule has 2 aromatic heterocycles. The van der Waals surface area contributed by atoms with Crippen molar-refractivity contribution in [2.75, 3.05) is 0 Å². The maximum atomic E-state index is 6.78. The van der Waals surface area contributed by atoms with Crippen LogP contribution < -0.4 is 0 Å². The van der Waals surface area contributed by atoms with Crippen LogP contribution in [-0.4, -0.2) is 15.0 Å². The number of furan rings is 1. The topological polar surface area (TPSA) is 51.8 Å². The van der Waals surface area contributed by atoms with E-state index in [1.165, 1.54) is 22.3 Å². The molecule has 0 atom stereocenters. The van der Waals surface area contributed by atoms with Gasteiger partial charge in [-0.05, 0) is 77.1 Å². The number of aryl methyl sites for hydroxylation is 2. The summed E-state index contributed by atoms with van der Waals surface area (Å²) in [5, 5.41) is 1.99. The molecule has 51 heavy (non-hydrogen) atoms. The van der Waals surface area contributed by atoms with Gasteiger partial charge in [0.05, 0.1) is 0 Å². The summed E-state index contributed by atoms with van der Waals surface area (Å²) in [6.07, 6.45) is 0. The molecule has 0 amide bonds. The molecular formula is C47H33N3O. The molecule has 0 N–H and O–H groups in total. The first-order valence-electron chi connectivity index (χ1n) is 17.2. The number of nitrogens with zero attached hydrogens (tertiary/aromatic N) is 3. The predicted octanol–water partition coefficient (Wildman–Crippen LogP) is 12.4. The molecule has 242 valence electrons. The summed E-state index contributed by atoms with van der Waals surface area (Å²) in [4.78, 5) is 15.1. The summed E-state index contributed by atoms with van der Waals surface area (Å²) in [7, 11) is 0. The fraction of sp³-hybridized carbons (Fsp3) is 0.0426. The van der Waals surface area contributed by atoms with E-state index < -0.39 is 0 Å². The Labute approximate surface area is 296 Å². The van der Waals surface area contributed by atoms with E-state index in [1.54, 1.807) is 0 Å². The molecule has 0 spiro atoms. The highest BCUT2D eigenvalue weighted by molar-refractivity contribution is 6.16. The Balaban J connectivity index is 1.32. The lowest BCUT2D eigenvalue weighted by molar-refractivity contribution is 0.670. The average Bonchev–Trinajstić information content (AvgIpc) is 3.58. The molecule has 2 heterocycles. The Morgan fingerprint density at radius 1 is 0.373 bits per heavy atom. The van der Waals surface area contributed by atoms with Gasteiger partial charge in [-0.3, -0.25) is 0 Å². The monoisotopic (exact) mass is 655 g/mol. The first kappa shape index (κ1) is 30.4. The fourth-order valence-electron chi connectivity index (χ4n) is 7.01. The van der Waals surface area contributed by atoms with Crippen molar-refractivity contribution in [3.63, 3.8) is 0 Å². The third-order valence-corrected chi connectivity index (χ3v) is 9.63. The zero-order valence-electron chi connectivity index (χ0n) is 28.3. The van der Waals surface area contributed by atoms with E-state index in [1.807, 2.05) is 78.9 Å². The second-order valence-corrected chi connectivity index (χ2v) is 12.9. The van der Waals surface area contributed by atoms with Gasteiger partial charge in [-0.15, -0.1) is 0 Å². The van der Waals surface area contributed by atoms with E-state index >= 15 is 0 Å². The molecule has 0 radical (unpaired) electrons. The molecule has 0 unspecified atom stereocenters. The normalized spacial score (nSPS) is 11.3. The highest BCUT2D eigenvalue weighted by atomic mass is 16.3. The third kappa shape index (κ3) is 5.57. The van der Waals surface area contributed by atoms with Crippen LogP contribution in [0.3, 0.4) is 0 Å². The summed E-state index contributed by atoms with van der Waals surface area (Å²) in [5.74, 6) is 1.84. The fourth-order valence-corrected chi connectivity index (χ4v) is 7.01. The quantitative estimate of drug-likeness (QED) is 0.179. The van der Waals surface area contributed by atoms with E-state index in [9.17, 15) is 0 Å². The summed E-state index contributed by atoms with van der Waals surface area (Å²) in [6, 6.07) is 56.7. The van der Waals surface area contributed by atoms with Gasteiger partial charge in [0.1, 0.15) is 11.2 Å². The van der Waals surface area contributed by atoms with Crippen LogP contribution in [0, 0.1) is 13.8 Å². The van der Waals surface area contributed by atoms with Gasteiger partial charge in [0.15, 0.2) is 17.5 Å². The van der Waals surface area contributed by atoms with Crippen molar-refractivity contribution in [2.24, 2.45) is 0 Å². The standard InChI is InChI=1S/C47H33N3O/c1-30-15-12-13-22-37(30)39-27-35(26-25-31(39)2)36-28-40(32-16-6-3-7-17-32)44-41(29-36)43-38(23-14-24-42(43)51-44)47-49-45(33-18-8-4-9-19-33)48-46(50-47)34-20-10-5-11-21-34/h3-29H,1-2H3. The summed E-state index contributed by atoms with van der Waals surface area (Å²) in [6.45, 7) is 4.36. The predicted molar refractivity (Wildman–Crippen MR) is 209 cm³/mol. The molecule has 0 aliphatic carbocycles. The van der Waals surface area contributed by atoms with E-state index in [0.29, 0.717) is 17.5 Å². The molecule has 0 bridgehead atoms. The molecule has 4 nitrogen and oxygen atoms in total. The van der Waals surface area contributed by atoms with Crippen molar-refractivity contribution >= 4 is 21.9 Å². The van der Waals surface area contributed by atoms with Gasteiger partial charge in [0.2, 0.25) is 0 Å². The van der Waals surface area contributed by atoms with Gasteiger partial charge in [0.25, 0.3) is 0 Å². The van der Waals surface area contributed by atoms with Gasteiger partial charge in [0, 0.05) is 33.0 Å². The average molecular weight is 656 g/mol. The lowest BCUT2D eigenvalue weighted by atomic mass is 9.90. The smallest absolute Gasteiger partial charge is 0.164 e. The molecule has 0 fully saturated rings. The molecule has 0 saturated carbocycles. The van der Waals surface area contributed by atoms with Crippen LogP contribution >= 0.6 is 0 Å². The first-order chi connectivity index (χ1) is 25.1. The molecule has 0 aliphatic rings. The lowest BCUT2D eigenvalue weighted by Crippen LogP contribution is -2.00. The Bertz CT molecular complexity index is 2640. The molecule has 0 saturated heterocycles. The van der Waals surface area contributed by atoms with Gasteiger partial charge in [-0.1, -0.05) is 140 Å². The minimum atomic E-state index is 0.597. The Morgan fingerprint density at radius 3 is 1.59 bits per heavy atom. The van der Waals surface area contributed by atoms with Crippen LogP contribution in [0.15, 0.2) is 168 Å². The first-order valence-corrected chi connectivity index (χ1v) is 17.2. The van der Waals surface area contributed by atoms with Crippen molar-refractivity contribution in [1.82, 2.24) is 15.0 Å². The van der Waals surface area contributed by atoms with Crippen molar-refractivity contribution in [1.29, 1.82) is 0 Å². The second-order valence-electron chi connectivity index (χ2n) is 12.9. The highest BCUT2D eigenvalue weighted by Crippen LogP contribution is 2.43. The maximum absolute atomic E-state index is 6.78. The number of benzene rings is 7. The van der Waals surface area contributed by atoms with Crippen LogP contribution in [0.5, 0.6) is 0 Å². The van der Waals surface area contributed by atoms with Crippen LogP contribution in [0.25, 0.3) is 89.5 Å². The Kier molecular flexibility index (Phi) is 7.55. The lowest BCUT2D eigenvalue weighted by Gasteiger charge is -2.13. The zero-order valence-corrected chi connectivity index (χ0v) is 28.3. The van der Waals surface area contributed by atoms with Gasteiger partial charge in [-0.2, -0.15) is 0 Å². The minimum Gasteiger partial charge on any atom is -0.455 e. The number of aromatic nitrogens is 3. The third-order valence-electron chi connectivity index (χ3n) is 9.63. The van der Waals surface area contributed by atoms with Gasteiger partial charge >= 0.3 is 0 Å². The van der Waals surface area contributed by atoms with Gasteiger partial charge in [-0.25, -0.2) is 15.0 Å². The van der Waals surface area contributed by atoms with Crippen LogP contribution in [0.1, 0.15) is 11.1 Å². The molecule has 7 aromatic carbocycles. The summed E-state index contributed by atoms with van der Waals surface area (Å²) < 4.78 is 6.78. The summed E-state index contributed by atoms with van der Waals surface area (Å²) in [5.41, 5.74) is 13.7. The molecular weight excluding hydrogens is 623 g/mol. The maximum Gasteiger partial charge on any atom is 0.164 e. The van der Waals surface area contributed by atoms with Crippen molar-refractivity contribution < 1.29 is 4.42 Å². The Hall–Kier alpha value is -6.65. The zero-order chi connectivity index (χ0) is 34.3. The van der Waals surface area contributed by atoms with E-state index in [2.05, 4.69) is 98.8 Å². The van der Waals surface area contributed by atoms with Crippen molar-refractivity contribution in [3.8, 4) is 67.5 Å². The number of rotatable bonds is 6. The second kappa shape index (κ2) is 12.7. The van der Waals surface area contributed by atoms with E-state index in [0.717, 1.165) is 60.9 Å². The molecule has 0 aliphatic heterocycles. The van der Waals surface area contributed by atoms with E-state index in [-0.39, 0.29) is 0 Å². The van der Waals surface area contributed by atoms with Gasteiger partial charge < -0.3 is 4.42 Å². The van der Waals surface area contributed by atoms with Crippen molar-refractivity contribution in [2.45, 2.75) is 13.8 Å². The Morgan fingerprint density at radius 2 is 0.922 bits per heavy atom. The van der Waals surface area contributed by atoms with E-state index in [4.69, 9.17) is 19.4 Å².